The Morgan fingerprint density at radius 3 is 2.83 bits per heavy atom. The lowest BCUT2D eigenvalue weighted by Gasteiger charge is -2.10. The van der Waals surface area contributed by atoms with Crippen LogP contribution in [0.1, 0.15) is 18.5 Å². The number of carbonyl (C=O) groups excluding carboxylic acids is 1. The number of amides is 1. The maximum atomic E-state index is 13.4. The second-order valence-corrected chi connectivity index (χ2v) is 4.95. The molecule has 1 heterocycles. The Bertz CT molecular complexity index is 874. The third kappa shape index (κ3) is 3.08. The Morgan fingerprint density at radius 2 is 2.00 bits per heavy atom. The van der Waals surface area contributed by atoms with Crippen LogP contribution in [0.5, 0.6) is 0 Å². The molecule has 116 valence electrons. The van der Waals surface area contributed by atoms with Gasteiger partial charge in [0, 0.05) is 5.56 Å². The smallest absolute Gasteiger partial charge is 0.264 e. The lowest BCUT2D eigenvalue weighted by molar-refractivity contribution is -0.124. The Balaban J connectivity index is 1.72. The Hall–Kier alpha value is -3.09. The van der Waals surface area contributed by atoms with Crippen LogP contribution in [0.4, 0.5) is 4.39 Å². The third-order valence-corrected chi connectivity index (χ3v) is 3.41. The van der Waals surface area contributed by atoms with Gasteiger partial charge in [-0.05, 0) is 25.1 Å². The molecule has 0 saturated carbocycles. The van der Waals surface area contributed by atoms with Crippen LogP contribution in [-0.4, -0.2) is 27.1 Å². The summed E-state index contributed by atoms with van der Waals surface area (Å²) in [6.45, 7) is 1.69. The number of para-hydroxylation sites is 1. The SMILES string of the molecule is C[C@@H](C(=O)NN=Cc1ccccc1F)n1nnc2ccccc21. The molecule has 0 spiro atoms. The topological polar surface area (TPSA) is 72.2 Å². The van der Waals surface area contributed by atoms with E-state index in [0.717, 1.165) is 5.52 Å². The van der Waals surface area contributed by atoms with E-state index in [1.807, 2.05) is 24.3 Å². The van der Waals surface area contributed by atoms with Crippen molar-refractivity contribution < 1.29 is 9.18 Å². The molecule has 2 aromatic carbocycles. The molecule has 1 N–H and O–H groups in total. The minimum atomic E-state index is -0.597. The van der Waals surface area contributed by atoms with Crippen LogP contribution in [0.3, 0.4) is 0 Å². The van der Waals surface area contributed by atoms with Crippen LogP contribution in [-0.2, 0) is 4.79 Å². The number of carbonyl (C=O) groups is 1. The first-order valence-electron chi connectivity index (χ1n) is 7.04. The fourth-order valence-electron chi connectivity index (χ4n) is 2.12. The number of fused-ring (bicyclic) bond motifs is 1. The molecule has 6 nitrogen and oxygen atoms in total. The second-order valence-electron chi connectivity index (χ2n) is 4.95. The molecule has 1 amide bonds. The average Bonchev–Trinajstić information content (AvgIpc) is 3.00. The predicted molar refractivity (Wildman–Crippen MR) is 84.4 cm³/mol. The number of halogens is 1. The highest BCUT2D eigenvalue weighted by molar-refractivity contribution is 5.85. The van der Waals surface area contributed by atoms with Crippen molar-refractivity contribution in [1.82, 2.24) is 20.4 Å². The van der Waals surface area contributed by atoms with Crippen LogP contribution in [0.25, 0.3) is 11.0 Å². The van der Waals surface area contributed by atoms with Crippen molar-refractivity contribution in [2.75, 3.05) is 0 Å². The number of hydrogen-bond acceptors (Lipinski definition) is 4. The van der Waals surface area contributed by atoms with E-state index in [0.29, 0.717) is 11.1 Å². The van der Waals surface area contributed by atoms with Crippen molar-refractivity contribution in [3.05, 3.63) is 59.9 Å². The van der Waals surface area contributed by atoms with Crippen LogP contribution in [0, 0.1) is 5.82 Å². The molecule has 0 bridgehead atoms. The molecule has 0 aliphatic carbocycles. The molecular weight excluding hydrogens is 297 g/mol. The van der Waals surface area contributed by atoms with Crippen molar-refractivity contribution >= 4 is 23.2 Å². The van der Waals surface area contributed by atoms with Gasteiger partial charge in [0.05, 0.1) is 11.7 Å². The minimum Gasteiger partial charge on any atom is -0.271 e. The Labute approximate surface area is 131 Å². The molecule has 1 atom stereocenters. The van der Waals surface area contributed by atoms with Gasteiger partial charge in [0.15, 0.2) is 0 Å². The zero-order valence-electron chi connectivity index (χ0n) is 12.3. The van der Waals surface area contributed by atoms with E-state index in [1.54, 1.807) is 25.1 Å². The lowest BCUT2D eigenvalue weighted by Crippen LogP contribution is -2.28. The number of hydrogen-bond donors (Lipinski definition) is 1. The van der Waals surface area contributed by atoms with Crippen molar-refractivity contribution in [3.8, 4) is 0 Å². The average molecular weight is 311 g/mol. The van der Waals surface area contributed by atoms with Gasteiger partial charge < -0.3 is 0 Å². The number of benzene rings is 2. The lowest BCUT2D eigenvalue weighted by atomic mass is 10.2. The molecule has 0 aliphatic rings. The summed E-state index contributed by atoms with van der Waals surface area (Å²) in [5.41, 5.74) is 4.15. The molecule has 0 radical (unpaired) electrons. The highest BCUT2D eigenvalue weighted by Crippen LogP contribution is 2.15. The molecular formula is C16H14FN5O. The number of rotatable bonds is 4. The summed E-state index contributed by atoms with van der Waals surface area (Å²) >= 11 is 0. The standard InChI is InChI=1S/C16H14FN5O/c1-11(22-15-9-5-4-8-14(15)19-21-22)16(23)20-18-10-12-6-2-3-7-13(12)17/h2-11H,1H3,(H,20,23)/t11-/m0/s1. The summed E-state index contributed by atoms with van der Waals surface area (Å²) in [7, 11) is 0. The molecule has 0 unspecified atom stereocenters. The number of nitrogens with one attached hydrogen (secondary N) is 1. The molecule has 1 aromatic heterocycles. The Morgan fingerprint density at radius 1 is 1.26 bits per heavy atom. The van der Waals surface area contributed by atoms with Crippen LogP contribution in [0.15, 0.2) is 53.6 Å². The van der Waals surface area contributed by atoms with Crippen molar-refractivity contribution in [2.45, 2.75) is 13.0 Å². The normalized spacial score (nSPS) is 12.6. The fraction of sp³-hybridized carbons (Fsp3) is 0.125. The van der Waals surface area contributed by atoms with Crippen LogP contribution < -0.4 is 5.43 Å². The van der Waals surface area contributed by atoms with Crippen LogP contribution >= 0.6 is 0 Å². The van der Waals surface area contributed by atoms with Crippen LogP contribution in [0.2, 0.25) is 0 Å². The number of hydrazone groups is 1. The van der Waals surface area contributed by atoms with E-state index in [2.05, 4.69) is 20.8 Å². The highest BCUT2D eigenvalue weighted by atomic mass is 19.1. The van der Waals surface area contributed by atoms with Crippen molar-refractivity contribution in [2.24, 2.45) is 5.10 Å². The van der Waals surface area contributed by atoms with E-state index >= 15 is 0 Å². The first-order valence-corrected chi connectivity index (χ1v) is 7.04. The predicted octanol–water partition coefficient (Wildman–Crippen LogP) is 2.28. The van der Waals surface area contributed by atoms with Gasteiger partial charge in [0.25, 0.3) is 5.91 Å². The van der Waals surface area contributed by atoms with E-state index in [1.165, 1.54) is 17.0 Å². The molecule has 0 fully saturated rings. The third-order valence-electron chi connectivity index (χ3n) is 3.41. The fourth-order valence-corrected chi connectivity index (χ4v) is 2.12. The maximum Gasteiger partial charge on any atom is 0.264 e. The maximum absolute atomic E-state index is 13.4. The van der Waals surface area contributed by atoms with Gasteiger partial charge in [-0.25, -0.2) is 14.5 Å². The molecule has 7 heteroatoms. The Kier molecular flexibility index (Phi) is 4.09. The summed E-state index contributed by atoms with van der Waals surface area (Å²) in [4.78, 5) is 12.2. The monoisotopic (exact) mass is 311 g/mol. The van der Waals surface area contributed by atoms with E-state index < -0.39 is 11.9 Å². The molecule has 23 heavy (non-hydrogen) atoms. The summed E-state index contributed by atoms with van der Waals surface area (Å²) in [5, 5.41) is 11.8. The largest absolute Gasteiger partial charge is 0.271 e. The zero-order valence-corrected chi connectivity index (χ0v) is 12.3. The summed E-state index contributed by atoms with van der Waals surface area (Å²) in [6.07, 6.45) is 1.26. The molecule has 0 aliphatic heterocycles. The minimum absolute atomic E-state index is 0.298. The summed E-state index contributed by atoms with van der Waals surface area (Å²) in [5.74, 6) is -0.769. The van der Waals surface area contributed by atoms with Gasteiger partial charge in [-0.2, -0.15) is 5.10 Å². The summed E-state index contributed by atoms with van der Waals surface area (Å²) in [6, 6.07) is 12.9. The van der Waals surface area contributed by atoms with Gasteiger partial charge in [-0.3, -0.25) is 4.79 Å². The highest BCUT2D eigenvalue weighted by Gasteiger charge is 2.18. The van der Waals surface area contributed by atoms with Gasteiger partial charge in [-0.1, -0.05) is 35.5 Å². The van der Waals surface area contributed by atoms with E-state index in [9.17, 15) is 9.18 Å². The van der Waals surface area contributed by atoms with Gasteiger partial charge in [0.1, 0.15) is 17.4 Å². The van der Waals surface area contributed by atoms with Gasteiger partial charge in [-0.15, -0.1) is 5.10 Å². The van der Waals surface area contributed by atoms with Crippen molar-refractivity contribution in [1.29, 1.82) is 0 Å². The number of aromatic nitrogens is 3. The zero-order chi connectivity index (χ0) is 16.2. The number of nitrogens with zero attached hydrogens (tertiary/aromatic N) is 4. The second kappa shape index (κ2) is 6.35. The first kappa shape index (κ1) is 14.8. The molecule has 3 rings (SSSR count). The summed E-state index contributed by atoms with van der Waals surface area (Å²) < 4.78 is 15.0. The quantitative estimate of drug-likeness (QED) is 0.593. The van der Waals surface area contributed by atoms with E-state index in [-0.39, 0.29) is 5.91 Å². The molecule has 0 saturated heterocycles. The van der Waals surface area contributed by atoms with Crippen molar-refractivity contribution in [3.63, 3.8) is 0 Å². The first-order chi connectivity index (χ1) is 11.2. The van der Waals surface area contributed by atoms with E-state index in [4.69, 9.17) is 0 Å². The van der Waals surface area contributed by atoms with Gasteiger partial charge in [0.2, 0.25) is 0 Å². The van der Waals surface area contributed by atoms with Gasteiger partial charge >= 0.3 is 0 Å². The molecule has 3 aromatic rings.